The molecule has 2 heterocycles. The summed E-state index contributed by atoms with van der Waals surface area (Å²) >= 11 is 3.43. The van der Waals surface area contributed by atoms with Gasteiger partial charge in [0, 0.05) is 0 Å². The Labute approximate surface area is 123 Å². The second-order valence-corrected chi connectivity index (χ2v) is 5.26. The van der Waals surface area contributed by atoms with Crippen molar-refractivity contribution in [2.45, 2.75) is 0 Å². The maximum Gasteiger partial charge on any atom is 0.191 e. The van der Waals surface area contributed by atoms with E-state index >= 15 is 0 Å². The van der Waals surface area contributed by atoms with Crippen molar-refractivity contribution in [3.63, 3.8) is 0 Å². The maximum absolute atomic E-state index is 10.8. The van der Waals surface area contributed by atoms with Gasteiger partial charge in [-0.25, -0.2) is 4.21 Å². The molecule has 2 aromatic heterocycles. The van der Waals surface area contributed by atoms with Gasteiger partial charge >= 0.3 is 0 Å². The summed E-state index contributed by atoms with van der Waals surface area (Å²) in [6.45, 7) is 3.61. The monoisotopic (exact) mass is 308 g/mol. The zero-order valence-corrected chi connectivity index (χ0v) is 12.5. The molecular formula is C14H12O2S3. The summed E-state index contributed by atoms with van der Waals surface area (Å²) in [6, 6.07) is 3.94. The minimum Gasteiger partial charge on any atom is -0.289 e. The first kappa shape index (κ1) is 15.5. The molecule has 0 amide bonds. The number of thiophene rings is 2. The Hall–Kier alpha value is -1.56. The van der Waals surface area contributed by atoms with Crippen LogP contribution in [-0.2, 0) is 16.1 Å². The Bertz CT molecular complexity index is 574. The summed E-state index contributed by atoms with van der Waals surface area (Å²) in [6.07, 6.45) is 4.91. The predicted molar refractivity (Wildman–Crippen MR) is 87.0 cm³/mol. The molecule has 2 aromatic rings. The zero-order chi connectivity index (χ0) is 13.9. The highest BCUT2D eigenvalue weighted by Crippen LogP contribution is 2.07. The molecule has 0 radical (unpaired) electrons. The number of carbonyl (C=O) groups is 1. The van der Waals surface area contributed by atoms with Gasteiger partial charge in [0.1, 0.15) is 0 Å². The normalized spacial score (nSPS) is 9.47. The van der Waals surface area contributed by atoms with E-state index in [1.807, 2.05) is 34.3 Å². The third-order valence-corrected chi connectivity index (χ3v) is 3.66. The molecule has 0 unspecified atom stereocenters. The summed E-state index contributed by atoms with van der Waals surface area (Å²) in [5, 5.41) is 8.98. The average Bonchev–Trinajstić information content (AvgIpc) is 3.10. The molecule has 5 heteroatoms. The number of rotatable bonds is 4. The highest BCUT2D eigenvalue weighted by atomic mass is 32.1. The lowest BCUT2D eigenvalue weighted by molar-refractivity contribution is -0.108. The van der Waals surface area contributed by atoms with E-state index in [0.717, 1.165) is 10.9 Å². The van der Waals surface area contributed by atoms with Crippen LogP contribution in [0.5, 0.6) is 0 Å². The van der Waals surface area contributed by atoms with Crippen molar-refractivity contribution in [2.75, 3.05) is 0 Å². The first-order chi connectivity index (χ1) is 9.26. The van der Waals surface area contributed by atoms with Crippen LogP contribution in [0, 0.1) is 0 Å². The molecule has 0 aliphatic carbocycles. The molecule has 0 aliphatic rings. The third-order valence-electron chi connectivity index (χ3n) is 1.93. The van der Waals surface area contributed by atoms with Crippen molar-refractivity contribution >= 4 is 57.2 Å². The SMILES string of the molecule is C=Cc1ccsc1.O=S=CC(=O)C=Cc1ccsc1. The summed E-state index contributed by atoms with van der Waals surface area (Å²) in [7, 11) is 0. The van der Waals surface area contributed by atoms with Crippen LogP contribution in [0.2, 0.25) is 0 Å². The Morgan fingerprint density at radius 3 is 2.21 bits per heavy atom. The highest BCUT2D eigenvalue weighted by molar-refractivity contribution is 7.66. The first-order valence-electron chi connectivity index (χ1n) is 5.27. The molecule has 2 rings (SSSR count). The van der Waals surface area contributed by atoms with Crippen LogP contribution >= 0.6 is 22.7 Å². The van der Waals surface area contributed by atoms with Gasteiger partial charge < -0.3 is 0 Å². The minimum absolute atomic E-state index is 0.174. The smallest absolute Gasteiger partial charge is 0.191 e. The molecule has 0 aliphatic heterocycles. The van der Waals surface area contributed by atoms with Gasteiger partial charge in [-0.05, 0) is 50.9 Å². The van der Waals surface area contributed by atoms with Gasteiger partial charge in [0.2, 0.25) is 0 Å². The minimum atomic E-state index is -0.263. The average molecular weight is 308 g/mol. The lowest BCUT2D eigenvalue weighted by Gasteiger charge is -1.79. The van der Waals surface area contributed by atoms with Crippen molar-refractivity contribution in [1.82, 2.24) is 0 Å². The molecular weight excluding hydrogens is 296 g/mol. The standard InChI is InChI=1S/C8H6O2S2.C6H6S/c9-8(6-12-10)2-1-7-3-4-11-5-7;1-2-6-3-4-7-5-6/h1-6H;2-5H,1H2. The Kier molecular flexibility index (Phi) is 7.65. The van der Waals surface area contributed by atoms with Gasteiger partial charge in [0.25, 0.3) is 0 Å². The van der Waals surface area contributed by atoms with Crippen LogP contribution in [0.1, 0.15) is 11.1 Å². The van der Waals surface area contributed by atoms with E-state index < -0.39 is 0 Å². The second kappa shape index (κ2) is 9.38. The van der Waals surface area contributed by atoms with Crippen LogP contribution in [0.25, 0.3) is 12.2 Å². The lowest BCUT2D eigenvalue weighted by Crippen LogP contribution is -1.91. The van der Waals surface area contributed by atoms with Crippen LogP contribution < -0.4 is 0 Å². The predicted octanol–water partition coefficient (Wildman–Crippen LogP) is 3.74. The quantitative estimate of drug-likeness (QED) is 0.637. The molecule has 0 saturated heterocycles. The molecule has 0 spiro atoms. The van der Waals surface area contributed by atoms with Crippen LogP contribution in [0.3, 0.4) is 0 Å². The second-order valence-electron chi connectivity index (χ2n) is 3.27. The first-order valence-corrected chi connectivity index (χ1v) is 7.96. The molecule has 0 saturated carbocycles. The highest BCUT2D eigenvalue weighted by Gasteiger charge is 1.89. The van der Waals surface area contributed by atoms with Crippen LogP contribution in [0.4, 0.5) is 0 Å². The summed E-state index contributed by atoms with van der Waals surface area (Å²) in [4.78, 5) is 10.8. The Morgan fingerprint density at radius 1 is 1.16 bits per heavy atom. The van der Waals surface area contributed by atoms with Gasteiger partial charge in [0.15, 0.2) is 5.78 Å². The molecule has 19 heavy (non-hydrogen) atoms. The lowest BCUT2D eigenvalue weighted by atomic mass is 10.3. The summed E-state index contributed by atoms with van der Waals surface area (Å²) in [5.41, 5.74) is 2.20. The van der Waals surface area contributed by atoms with Gasteiger partial charge in [0.05, 0.1) is 16.6 Å². The van der Waals surface area contributed by atoms with E-state index in [1.165, 1.54) is 11.6 Å². The third kappa shape index (κ3) is 6.81. The van der Waals surface area contributed by atoms with Gasteiger partial charge in [-0.2, -0.15) is 22.7 Å². The number of hydrogen-bond donors (Lipinski definition) is 0. The summed E-state index contributed by atoms with van der Waals surface area (Å²) in [5.74, 6) is -0.263. The van der Waals surface area contributed by atoms with Gasteiger partial charge in [-0.15, -0.1) is 0 Å². The topological polar surface area (TPSA) is 34.1 Å². The fraction of sp³-hybridized carbons (Fsp3) is 0. The van der Waals surface area contributed by atoms with Crippen LogP contribution in [0.15, 0.2) is 46.3 Å². The summed E-state index contributed by atoms with van der Waals surface area (Å²) < 4.78 is 9.91. The Balaban J connectivity index is 0.000000218. The largest absolute Gasteiger partial charge is 0.289 e. The fourth-order valence-electron chi connectivity index (χ4n) is 1.03. The number of carbonyl (C=O) groups excluding carboxylic acids is 1. The molecule has 0 N–H and O–H groups in total. The van der Waals surface area contributed by atoms with Crippen molar-refractivity contribution in [2.24, 2.45) is 0 Å². The molecule has 0 fully saturated rings. The van der Waals surface area contributed by atoms with Crippen LogP contribution in [-0.4, -0.2) is 15.4 Å². The fourth-order valence-corrected chi connectivity index (χ4v) is 2.47. The van der Waals surface area contributed by atoms with E-state index in [1.54, 1.807) is 28.7 Å². The van der Waals surface area contributed by atoms with E-state index in [2.05, 4.69) is 12.0 Å². The number of ketones is 1. The maximum atomic E-state index is 10.8. The van der Waals surface area contributed by atoms with E-state index in [4.69, 9.17) is 0 Å². The van der Waals surface area contributed by atoms with Gasteiger partial charge in [-0.1, -0.05) is 18.7 Å². The zero-order valence-electron chi connectivity index (χ0n) is 10.0. The molecule has 0 bridgehead atoms. The van der Waals surface area contributed by atoms with Crippen molar-refractivity contribution in [1.29, 1.82) is 0 Å². The van der Waals surface area contributed by atoms with E-state index in [-0.39, 0.29) is 17.0 Å². The molecule has 2 nitrogen and oxygen atoms in total. The van der Waals surface area contributed by atoms with Gasteiger partial charge in [-0.3, -0.25) is 4.79 Å². The van der Waals surface area contributed by atoms with E-state index in [0.29, 0.717) is 0 Å². The van der Waals surface area contributed by atoms with Crippen molar-refractivity contribution in [3.05, 3.63) is 57.4 Å². The molecule has 0 aromatic carbocycles. The van der Waals surface area contributed by atoms with Crippen molar-refractivity contribution < 1.29 is 9.00 Å². The van der Waals surface area contributed by atoms with E-state index in [9.17, 15) is 9.00 Å². The number of allylic oxidation sites excluding steroid dienone is 1. The molecule has 0 atom stereocenters. The van der Waals surface area contributed by atoms with Crippen molar-refractivity contribution in [3.8, 4) is 0 Å². The number of hydrogen-bond acceptors (Lipinski definition) is 4. The molecule has 98 valence electrons. The Morgan fingerprint density at radius 2 is 1.79 bits per heavy atom.